The largest absolute Gasteiger partial charge is 0.309 e. The van der Waals surface area contributed by atoms with Gasteiger partial charge in [-0.3, -0.25) is 9.29 Å². The first-order valence-corrected chi connectivity index (χ1v) is 11.2. The van der Waals surface area contributed by atoms with Crippen LogP contribution in [0.3, 0.4) is 0 Å². The lowest BCUT2D eigenvalue weighted by atomic mass is 9.92. The van der Waals surface area contributed by atoms with E-state index in [9.17, 15) is 4.39 Å². The second kappa shape index (κ2) is 11.8. The Balaban J connectivity index is 0.000000176. The maximum absolute atomic E-state index is 12.9. The van der Waals surface area contributed by atoms with Gasteiger partial charge in [0.05, 0.1) is 6.67 Å². The molecule has 164 valence electrons. The Bertz CT molecular complexity index is 830. The summed E-state index contributed by atoms with van der Waals surface area (Å²) >= 11 is 0. The van der Waals surface area contributed by atoms with Crippen molar-refractivity contribution in [1.29, 1.82) is 0 Å². The molecule has 3 aromatic carbocycles. The van der Waals surface area contributed by atoms with E-state index in [2.05, 4.69) is 89.9 Å². The first-order chi connectivity index (χ1) is 15.1. The van der Waals surface area contributed by atoms with E-state index in [4.69, 9.17) is 0 Å². The quantitative estimate of drug-likeness (QED) is 0.477. The maximum Gasteiger partial charge on any atom is 0.0960 e. The summed E-state index contributed by atoms with van der Waals surface area (Å²) in [5, 5.41) is 3.42. The second-order valence-electron chi connectivity index (χ2n) is 8.83. The number of hydrogen-bond acceptors (Lipinski definition) is 2. The number of rotatable bonds is 7. The van der Waals surface area contributed by atoms with Gasteiger partial charge < -0.3 is 5.32 Å². The van der Waals surface area contributed by atoms with Crippen molar-refractivity contribution in [2.75, 3.05) is 19.8 Å². The van der Waals surface area contributed by atoms with Crippen LogP contribution in [0, 0.1) is 5.41 Å². The van der Waals surface area contributed by atoms with Crippen LogP contribution >= 0.6 is 0 Å². The third kappa shape index (κ3) is 7.30. The van der Waals surface area contributed by atoms with Crippen LogP contribution in [0.2, 0.25) is 0 Å². The van der Waals surface area contributed by atoms with Crippen molar-refractivity contribution in [2.24, 2.45) is 5.41 Å². The van der Waals surface area contributed by atoms with Crippen molar-refractivity contribution in [3.63, 3.8) is 0 Å². The molecular formula is C28H35FN2. The molecule has 1 aliphatic heterocycles. The van der Waals surface area contributed by atoms with Gasteiger partial charge in [-0.15, -0.1) is 0 Å². The lowest BCUT2D eigenvalue weighted by Gasteiger charge is -2.26. The van der Waals surface area contributed by atoms with Gasteiger partial charge in [0.25, 0.3) is 0 Å². The van der Waals surface area contributed by atoms with Crippen molar-refractivity contribution >= 4 is 0 Å². The first kappa shape index (κ1) is 23.2. The molecule has 1 saturated heterocycles. The fourth-order valence-corrected chi connectivity index (χ4v) is 3.99. The van der Waals surface area contributed by atoms with E-state index in [1.807, 2.05) is 25.1 Å². The highest BCUT2D eigenvalue weighted by Gasteiger charge is 2.35. The number of halogens is 1. The van der Waals surface area contributed by atoms with Gasteiger partial charge in [-0.1, -0.05) is 97.9 Å². The van der Waals surface area contributed by atoms with Crippen LogP contribution in [0.25, 0.3) is 0 Å². The fourth-order valence-electron chi connectivity index (χ4n) is 3.99. The molecule has 3 heteroatoms. The smallest absolute Gasteiger partial charge is 0.0960 e. The number of benzene rings is 3. The Morgan fingerprint density at radius 3 is 1.77 bits per heavy atom. The Labute approximate surface area is 187 Å². The van der Waals surface area contributed by atoms with Gasteiger partial charge in [-0.25, -0.2) is 0 Å². The van der Waals surface area contributed by atoms with E-state index < -0.39 is 0 Å². The summed E-state index contributed by atoms with van der Waals surface area (Å²) in [6.45, 7) is 7.79. The summed E-state index contributed by atoms with van der Waals surface area (Å²) in [4.78, 5) is 2.38. The Morgan fingerprint density at radius 2 is 1.32 bits per heavy atom. The number of hydrogen-bond donors (Lipinski definition) is 1. The standard InChI is InChI=1S/C14H20FN.C14H15N/c1-12(13-6-4-3-5-7-13)16-9-8-14(2,10-15)11-16;1-3-7-13(8-4-1)11-15-12-14-9-5-2-6-10-14/h3-7,12H,8-11H2,1-2H3;1-10,15H,11-12H2/t12-,14?;/m0./s1. The summed E-state index contributed by atoms with van der Waals surface area (Å²) in [7, 11) is 0. The predicted octanol–water partition coefficient (Wildman–Crippen LogP) is 6.41. The van der Waals surface area contributed by atoms with Crippen molar-refractivity contribution in [3.8, 4) is 0 Å². The monoisotopic (exact) mass is 418 g/mol. The molecule has 2 nitrogen and oxygen atoms in total. The van der Waals surface area contributed by atoms with Crippen LogP contribution in [0.1, 0.15) is 43.0 Å². The molecule has 31 heavy (non-hydrogen) atoms. The minimum atomic E-state index is -0.203. The van der Waals surface area contributed by atoms with Gasteiger partial charge >= 0.3 is 0 Å². The van der Waals surface area contributed by atoms with E-state index in [-0.39, 0.29) is 12.1 Å². The van der Waals surface area contributed by atoms with E-state index >= 15 is 0 Å². The Kier molecular flexibility index (Phi) is 8.81. The van der Waals surface area contributed by atoms with Crippen molar-refractivity contribution in [2.45, 2.75) is 39.4 Å². The fraction of sp³-hybridized carbons (Fsp3) is 0.357. The molecule has 0 radical (unpaired) electrons. The molecule has 0 aliphatic carbocycles. The third-order valence-electron chi connectivity index (χ3n) is 6.08. The van der Waals surface area contributed by atoms with Crippen molar-refractivity contribution < 1.29 is 4.39 Å². The van der Waals surface area contributed by atoms with Gasteiger partial charge in [0.1, 0.15) is 0 Å². The zero-order valence-electron chi connectivity index (χ0n) is 18.8. The number of alkyl halides is 1. The van der Waals surface area contributed by atoms with Crippen molar-refractivity contribution in [3.05, 3.63) is 108 Å². The minimum absolute atomic E-state index is 0.122. The second-order valence-corrected chi connectivity index (χ2v) is 8.83. The van der Waals surface area contributed by atoms with Crippen LogP contribution in [-0.4, -0.2) is 24.7 Å². The van der Waals surface area contributed by atoms with E-state index in [1.165, 1.54) is 16.7 Å². The van der Waals surface area contributed by atoms with Crippen LogP contribution in [-0.2, 0) is 13.1 Å². The highest BCUT2D eigenvalue weighted by atomic mass is 19.1. The van der Waals surface area contributed by atoms with E-state index in [1.54, 1.807) is 0 Å². The number of nitrogens with one attached hydrogen (secondary N) is 1. The average Bonchev–Trinajstić information content (AvgIpc) is 3.24. The summed E-state index contributed by atoms with van der Waals surface area (Å²) in [5.41, 5.74) is 3.86. The minimum Gasteiger partial charge on any atom is -0.309 e. The predicted molar refractivity (Wildman–Crippen MR) is 129 cm³/mol. The summed E-state index contributed by atoms with van der Waals surface area (Å²) in [5.74, 6) is 0. The molecule has 0 saturated carbocycles. The van der Waals surface area contributed by atoms with Gasteiger partial charge in [0.2, 0.25) is 0 Å². The molecule has 0 bridgehead atoms. The third-order valence-corrected chi connectivity index (χ3v) is 6.08. The molecule has 0 aromatic heterocycles. The topological polar surface area (TPSA) is 15.3 Å². The van der Waals surface area contributed by atoms with Gasteiger partial charge in [0, 0.05) is 31.1 Å². The molecule has 1 fully saturated rings. The molecule has 2 atom stereocenters. The molecule has 1 unspecified atom stereocenters. The van der Waals surface area contributed by atoms with Crippen molar-refractivity contribution in [1.82, 2.24) is 10.2 Å². The zero-order valence-corrected chi connectivity index (χ0v) is 18.8. The lowest BCUT2D eigenvalue weighted by Crippen LogP contribution is -2.28. The summed E-state index contributed by atoms with van der Waals surface area (Å²) in [6, 6.07) is 31.8. The first-order valence-electron chi connectivity index (χ1n) is 11.2. The SMILES string of the molecule is C[C@@H](c1ccccc1)N1CCC(C)(CF)C1.c1ccc(CNCc2ccccc2)cc1. The summed E-state index contributed by atoms with van der Waals surface area (Å²) in [6.07, 6.45) is 0.973. The lowest BCUT2D eigenvalue weighted by molar-refractivity contribution is 0.194. The number of nitrogens with zero attached hydrogens (tertiary/aromatic N) is 1. The maximum atomic E-state index is 12.9. The molecule has 0 spiro atoms. The molecule has 0 amide bonds. The van der Waals surface area contributed by atoms with Gasteiger partial charge in [-0.05, 0) is 36.6 Å². The van der Waals surface area contributed by atoms with Gasteiger partial charge in [0.15, 0.2) is 0 Å². The molecule has 4 rings (SSSR count). The molecule has 1 aliphatic rings. The van der Waals surface area contributed by atoms with Crippen LogP contribution < -0.4 is 5.32 Å². The molecule has 3 aromatic rings. The normalized spacial score (nSPS) is 19.5. The average molecular weight is 419 g/mol. The number of likely N-dealkylation sites (tertiary alicyclic amines) is 1. The Hall–Kier alpha value is -2.49. The van der Waals surface area contributed by atoms with Crippen LogP contribution in [0.15, 0.2) is 91.0 Å². The summed E-state index contributed by atoms with van der Waals surface area (Å²) < 4.78 is 12.9. The Morgan fingerprint density at radius 1 is 0.839 bits per heavy atom. The zero-order chi connectivity index (χ0) is 21.9. The highest BCUT2D eigenvalue weighted by molar-refractivity contribution is 5.19. The van der Waals surface area contributed by atoms with Crippen LogP contribution in [0.5, 0.6) is 0 Å². The van der Waals surface area contributed by atoms with Gasteiger partial charge in [-0.2, -0.15) is 0 Å². The molecular weight excluding hydrogens is 383 g/mol. The van der Waals surface area contributed by atoms with Crippen LogP contribution in [0.4, 0.5) is 4.39 Å². The van der Waals surface area contributed by atoms with E-state index in [0.29, 0.717) is 6.04 Å². The molecule has 1 N–H and O–H groups in total. The van der Waals surface area contributed by atoms with E-state index in [0.717, 1.165) is 32.6 Å². The highest BCUT2D eigenvalue weighted by Crippen LogP contribution is 2.35. The molecule has 1 heterocycles.